The van der Waals surface area contributed by atoms with Gasteiger partial charge in [-0.2, -0.15) is 8.42 Å². The SMILES string of the molecule is CCCCCC(NCC(C(=O)O)S(=O)(=O)O)c1ccccc1. The Hall–Kier alpha value is -1.44. The van der Waals surface area contributed by atoms with Crippen LogP contribution in [-0.4, -0.2) is 35.8 Å². The van der Waals surface area contributed by atoms with Crippen LogP contribution in [0.1, 0.15) is 44.2 Å². The van der Waals surface area contributed by atoms with E-state index in [-0.39, 0.29) is 12.6 Å². The van der Waals surface area contributed by atoms with Crippen molar-refractivity contribution >= 4 is 16.1 Å². The van der Waals surface area contributed by atoms with Gasteiger partial charge in [0.15, 0.2) is 5.25 Å². The molecule has 0 fully saturated rings. The Balaban J connectivity index is 2.78. The van der Waals surface area contributed by atoms with E-state index in [9.17, 15) is 13.2 Å². The molecule has 1 rings (SSSR count). The molecule has 0 spiro atoms. The molecule has 0 aliphatic carbocycles. The second-order valence-corrected chi connectivity index (χ2v) is 6.81. The van der Waals surface area contributed by atoms with E-state index in [0.717, 1.165) is 31.2 Å². The molecular formula is C15H23NO5S. The number of carbonyl (C=O) groups is 1. The molecule has 2 unspecified atom stereocenters. The summed E-state index contributed by atoms with van der Waals surface area (Å²) in [5.74, 6) is -1.56. The van der Waals surface area contributed by atoms with Gasteiger partial charge in [-0.3, -0.25) is 9.35 Å². The Bertz CT molecular complexity index is 559. The van der Waals surface area contributed by atoms with Crippen LogP contribution in [0.5, 0.6) is 0 Å². The van der Waals surface area contributed by atoms with Crippen molar-refractivity contribution in [3.05, 3.63) is 35.9 Å². The zero-order valence-corrected chi connectivity index (χ0v) is 13.4. The van der Waals surface area contributed by atoms with Gasteiger partial charge in [-0.15, -0.1) is 0 Å². The maximum absolute atomic E-state index is 11.1. The van der Waals surface area contributed by atoms with E-state index >= 15 is 0 Å². The summed E-state index contributed by atoms with van der Waals surface area (Å²) in [6.07, 6.45) is 3.83. The lowest BCUT2D eigenvalue weighted by molar-refractivity contribution is -0.136. The third-order valence-corrected chi connectivity index (χ3v) is 4.57. The Kier molecular flexibility index (Phi) is 7.50. The van der Waals surface area contributed by atoms with Crippen LogP contribution < -0.4 is 5.32 Å². The maximum Gasteiger partial charge on any atom is 0.325 e. The molecule has 3 N–H and O–H groups in total. The van der Waals surface area contributed by atoms with Crippen LogP contribution in [0.15, 0.2) is 30.3 Å². The highest BCUT2D eigenvalue weighted by atomic mass is 32.2. The lowest BCUT2D eigenvalue weighted by Crippen LogP contribution is -2.40. The summed E-state index contributed by atoms with van der Waals surface area (Å²) in [6, 6.07) is 9.31. The van der Waals surface area contributed by atoms with E-state index in [1.807, 2.05) is 30.3 Å². The standard InChI is InChI=1S/C15H23NO5S/c1-2-3-5-10-13(12-8-6-4-7-9-12)16-11-14(15(17)18)22(19,20)21/h4,6-9,13-14,16H,2-3,5,10-11H2,1H3,(H,17,18)(H,19,20,21). The lowest BCUT2D eigenvalue weighted by atomic mass is 10.0. The average molecular weight is 329 g/mol. The summed E-state index contributed by atoms with van der Waals surface area (Å²) < 4.78 is 31.2. The van der Waals surface area contributed by atoms with Gasteiger partial charge in [-0.1, -0.05) is 56.5 Å². The summed E-state index contributed by atoms with van der Waals surface area (Å²) in [5.41, 5.74) is 0.970. The first-order valence-electron chi connectivity index (χ1n) is 7.33. The Labute approximate surface area is 131 Å². The second-order valence-electron chi connectivity index (χ2n) is 5.21. The average Bonchev–Trinajstić information content (AvgIpc) is 2.45. The third-order valence-electron chi connectivity index (χ3n) is 3.48. The zero-order chi connectivity index (χ0) is 16.6. The number of rotatable bonds is 10. The summed E-state index contributed by atoms with van der Waals surface area (Å²) >= 11 is 0. The minimum atomic E-state index is -4.63. The summed E-state index contributed by atoms with van der Waals surface area (Å²) in [4.78, 5) is 11.0. The maximum atomic E-state index is 11.1. The van der Waals surface area contributed by atoms with Crippen LogP contribution in [-0.2, 0) is 14.9 Å². The second kappa shape index (κ2) is 8.87. The number of carboxylic acids is 1. The number of hydrogen-bond donors (Lipinski definition) is 3. The molecule has 0 saturated heterocycles. The molecule has 0 bridgehead atoms. The van der Waals surface area contributed by atoms with Gasteiger partial charge in [-0.25, -0.2) is 0 Å². The van der Waals surface area contributed by atoms with Crippen LogP contribution in [0.3, 0.4) is 0 Å². The molecule has 0 aliphatic rings. The Morgan fingerprint density at radius 3 is 2.36 bits per heavy atom. The lowest BCUT2D eigenvalue weighted by Gasteiger charge is -2.21. The number of aliphatic carboxylic acids is 1. The van der Waals surface area contributed by atoms with E-state index in [4.69, 9.17) is 9.66 Å². The highest BCUT2D eigenvalue weighted by Crippen LogP contribution is 2.20. The number of nitrogens with one attached hydrogen (secondary N) is 1. The molecule has 7 heteroatoms. The highest BCUT2D eigenvalue weighted by Gasteiger charge is 2.31. The van der Waals surface area contributed by atoms with E-state index in [1.54, 1.807) is 0 Å². The normalized spacial score (nSPS) is 14.5. The number of unbranched alkanes of at least 4 members (excludes halogenated alkanes) is 2. The molecule has 0 heterocycles. The van der Waals surface area contributed by atoms with Gasteiger partial charge in [0.05, 0.1) is 0 Å². The van der Waals surface area contributed by atoms with Crippen molar-refractivity contribution < 1.29 is 22.9 Å². The molecular weight excluding hydrogens is 306 g/mol. The molecule has 1 aromatic rings. The van der Waals surface area contributed by atoms with Gasteiger partial charge < -0.3 is 10.4 Å². The van der Waals surface area contributed by atoms with Crippen LogP contribution in [0.25, 0.3) is 0 Å². The first-order chi connectivity index (χ1) is 10.4. The van der Waals surface area contributed by atoms with Gasteiger partial charge in [-0.05, 0) is 12.0 Å². The fourth-order valence-corrected chi connectivity index (χ4v) is 2.80. The third kappa shape index (κ3) is 6.13. The van der Waals surface area contributed by atoms with Gasteiger partial charge in [0.25, 0.3) is 10.1 Å². The monoisotopic (exact) mass is 329 g/mol. The smallest absolute Gasteiger partial charge is 0.325 e. The Morgan fingerprint density at radius 2 is 1.86 bits per heavy atom. The molecule has 6 nitrogen and oxygen atoms in total. The zero-order valence-electron chi connectivity index (χ0n) is 12.6. The minimum Gasteiger partial charge on any atom is -0.480 e. The number of benzene rings is 1. The van der Waals surface area contributed by atoms with Crippen molar-refractivity contribution in [2.75, 3.05) is 6.54 Å². The van der Waals surface area contributed by atoms with Crippen molar-refractivity contribution in [3.8, 4) is 0 Å². The van der Waals surface area contributed by atoms with Crippen molar-refractivity contribution in [1.82, 2.24) is 5.32 Å². The van der Waals surface area contributed by atoms with Gasteiger partial charge >= 0.3 is 5.97 Å². The van der Waals surface area contributed by atoms with E-state index < -0.39 is 21.3 Å². The van der Waals surface area contributed by atoms with Gasteiger partial charge in [0.2, 0.25) is 0 Å². The van der Waals surface area contributed by atoms with Crippen LogP contribution in [0.4, 0.5) is 0 Å². The fourth-order valence-electron chi connectivity index (χ4n) is 2.24. The molecule has 0 saturated carbocycles. The van der Waals surface area contributed by atoms with Crippen LogP contribution >= 0.6 is 0 Å². The molecule has 0 aromatic heterocycles. The molecule has 0 amide bonds. The van der Waals surface area contributed by atoms with Crippen molar-refractivity contribution in [3.63, 3.8) is 0 Å². The molecule has 0 aliphatic heterocycles. The van der Waals surface area contributed by atoms with Crippen molar-refractivity contribution in [2.45, 2.75) is 43.9 Å². The fraction of sp³-hybridized carbons (Fsp3) is 0.533. The number of hydrogen-bond acceptors (Lipinski definition) is 4. The molecule has 124 valence electrons. The van der Waals surface area contributed by atoms with Crippen LogP contribution in [0.2, 0.25) is 0 Å². The van der Waals surface area contributed by atoms with E-state index in [2.05, 4.69) is 12.2 Å². The quantitative estimate of drug-likeness (QED) is 0.449. The minimum absolute atomic E-state index is 0.142. The molecule has 2 atom stereocenters. The highest BCUT2D eigenvalue weighted by molar-refractivity contribution is 7.87. The van der Waals surface area contributed by atoms with E-state index in [1.165, 1.54) is 0 Å². The predicted molar refractivity (Wildman–Crippen MR) is 84.3 cm³/mol. The van der Waals surface area contributed by atoms with Crippen molar-refractivity contribution in [2.24, 2.45) is 0 Å². The summed E-state index contributed by atoms with van der Waals surface area (Å²) in [7, 11) is -4.63. The van der Waals surface area contributed by atoms with Gasteiger partial charge in [0.1, 0.15) is 0 Å². The Morgan fingerprint density at radius 1 is 1.23 bits per heavy atom. The van der Waals surface area contributed by atoms with E-state index in [0.29, 0.717) is 0 Å². The van der Waals surface area contributed by atoms with Crippen molar-refractivity contribution in [1.29, 1.82) is 0 Å². The molecule has 0 radical (unpaired) electrons. The largest absolute Gasteiger partial charge is 0.480 e. The number of carboxylic acid groups (broad SMARTS) is 1. The topological polar surface area (TPSA) is 104 Å². The molecule has 22 heavy (non-hydrogen) atoms. The summed E-state index contributed by atoms with van der Waals surface area (Å²) in [5, 5.41) is 10.0. The predicted octanol–water partition coefficient (Wildman–Crippen LogP) is 2.24. The molecule has 1 aromatic carbocycles. The van der Waals surface area contributed by atoms with Crippen LogP contribution in [0, 0.1) is 0 Å². The first kappa shape index (κ1) is 18.6. The van der Waals surface area contributed by atoms with Gasteiger partial charge in [0, 0.05) is 12.6 Å². The first-order valence-corrected chi connectivity index (χ1v) is 8.84. The summed E-state index contributed by atoms with van der Waals surface area (Å²) in [6.45, 7) is 1.75.